The second-order valence-corrected chi connectivity index (χ2v) is 7.34. The molecule has 1 heterocycles. The Hall–Kier alpha value is -2.69. The highest BCUT2D eigenvalue weighted by atomic mass is 19.1. The van der Waals surface area contributed by atoms with Gasteiger partial charge in [0.1, 0.15) is 5.82 Å². The van der Waals surface area contributed by atoms with Crippen LogP contribution in [0.2, 0.25) is 0 Å². The topological polar surface area (TPSA) is 49.4 Å². The highest BCUT2D eigenvalue weighted by Crippen LogP contribution is 2.22. The van der Waals surface area contributed by atoms with E-state index in [1.807, 2.05) is 12.1 Å². The van der Waals surface area contributed by atoms with Gasteiger partial charge in [0.05, 0.1) is 5.56 Å². The molecule has 0 bridgehead atoms. The minimum Gasteiger partial charge on any atom is -0.339 e. The summed E-state index contributed by atoms with van der Waals surface area (Å²) in [6, 6.07) is 14.0. The van der Waals surface area contributed by atoms with Crippen molar-refractivity contribution in [2.75, 3.05) is 18.4 Å². The number of anilines is 1. The maximum Gasteiger partial charge on any atom is 0.256 e. The lowest BCUT2D eigenvalue weighted by Gasteiger charge is -2.31. The third kappa shape index (κ3) is 4.97. The second-order valence-electron chi connectivity index (χ2n) is 7.34. The van der Waals surface area contributed by atoms with Gasteiger partial charge in [-0.05, 0) is 55.5 Å². The van der Waals surface area contributed by atoms with E-state index in [-0.39, 0.29) is 23.3 Å². The van der Waals surface area contributed by atoms with Crippen LogP contribution in [0.1, 0.15) is 48.5 Å². The average Bonchev–Trinajstić information content (AvgIpc) is 2.73. The molecule has 0 spiro atoms. The highest BCUT2D eigenvalue weighted by Gasteiger charge is 2.28. The number of nitrogens with one attached hydrogen (secondary N) is 1. The molecule has 0 radical (unpaired) electrons. The molecular weight excluding hydrogens is 355 g/mol. The summed E-state index contributed by atoms with van der Waals surface area (Å²) in [7, 11) is 0. The van der Waals surface area contributed by atoms with Gasteiger partial charge in [0, 0.05) is 24.7 Å². The minimum atomic E-state index is -0.505. The summed E-state index contributed by atoms with van der Waals surface area (Å²) in [5.74, 6) is -0.960. The first-order chi connectivity index (χ1) is 13.6. The minimum absolute atomic E-state index is 0.0145. The van der Waals surface area contributed by atoms with E-state index in [0.29, 0.717) is 25.9 Å². The van der Waals surface area contributed by atoms with E-state index in [9.17, 15) is 14.0 Å². The molecular formula is C23H27FN2O2. The number of hydrogen-bond donors (Lipinski definition) is 1. The van der Waals surface area contributed by atoms with Crippen LogP contribution in [0.4, 0.5) is 10.1 Å². The SMILES string of the molecule is CCCCc1ccc(NC(=O)C2CCN(C(=O)c3ccccc3F)CC2)cc1. The molecule has 1 aliphatic rings. The van der Waals surface area contributed by atoms with Crippen LogP contribution in [0.3, 0.4) is 0 Å². The number of carbonyl (C=O) groups is 2. The van der Waals surface area contributed by atoms with Crippen LogP contribution in [-0.2, 0) is 11.2 Å². The van der Waals surface area contributed by atoms with E-state index < -0.39 is 5.82 Å². The standard InChI is InChI=1S/C23H27FN2O2/c1-2-3-6-17-9-11-19(12-10-17)25-22(27)18-13-15-26(16-14-18)23(28)20-7-4-5-8-21(20)24/h4-5,7-12,18H,2-3,6,13-16H2,1H3,(H,25,27). The molecule has 0 unspecified atom stereocenters. The monoisotopic (exact) mass is 382 g/mol. The van der Waals surface area contributed by atoms with Gasteiger partial charge in [-0.1, -0.05) is 37.6 Å². The number of hydrogen-bond acceptors (Lipinski definition) is 2. The third-order valence-electron chi connectivity index (χ3n) is 5.30. The molecule has 3 rings (SSSR count). The molecule has 1 saturated heterocycles. The summed E-state index contributed by atoms with van der Waals surface area (Å²) in [6.45, 7) is 3.09. The van der Waals surface area contributed by atoms with Crippen molar-refractivity contribution in [1.82, 2.24) is 4.90 Å². The molecule has 2 aromatic rings. The van der Waals surface area contributed by atoms with Gasteiger partial charge in [-0.15, -0.1) is 0 Å². The van der Waals surface area contributed by atoms with Crippen molar-refractivity contribution in [3.63, 3.8) is 0 Å². The number of carbonyl (C=O) groups excluding carboxylic acids is 2. The Labute approximate surface area is 165 Å². The lowest BCUT2D eigenvalue weighted by Crippen LogP contribution is -2.41. The Morgan fingerprint density at radius 3 is 2.39 bits per heavy atom. The van der Waals surface area contributed by atoms with Crippen LogP contribution >= 0.6 is 0 Å². The average molecular weight is 382 g/mol. The van der Waals surface area contributed by atoms with Gasteiger partial charge in [-0.25, -0.2) is 4.39 Å². The first-order valence-electron chi connectivity index (χ1n) is 10.0. The molecule has 1 aliphatic heterocycles. The van der Waals surface area contributed by atoms with Crippen molar-refractivity contribution in [2.45, 2.75) is 39.0 Å². The normalized spacial score (nSPS) is 14.7. The van der Waals surface area contributed by atoms with Gasteiger partial charge in [0.2, 0.25) is 5.91 Å². The summed E-state index contributed by atoms with van der Waals surface area (Å²) in [4.78, 5) is 26.7. The molecule has 0 aromatic heterocycles. The number of amides is 2. The van der Waals surface area contributed by atoms with Crippen molar-refractivity contribution in [1.29, 1.82) is 0 Å². The zero-order chi connectivity index (χ0) is 19.9. The van der Waals surface area contributed by atoms with E-state index in [4.69, 9.17) is 0 Å². The predicted octanol–water partition coefficient (Wildman–Crippen LogP) is 4.66. The number of aryl methyl sites for hydroxylation is 1. The van der Waals surface area contributed by atoms with Crippen molar-refractivity contribution in [3.8, 4) is 0 Å². The fourth-order valence-corrected chi connectivity index (χ4v) is 3.53. The molecule has 0 saturated carbocycles. The Morgan fingerprint density at radius 2 is 1.75 bits per heavy atom. The molecule has 2 amide bonds. The fraction of sp³-hybridized carbons (Fsp3) is 0.391. The fourth-order valence-electron chi connectivity index (χ4n) is 3.53. The zero-order valence-electron chi connectivity index (χ0n) is 16.3. The van der Waals surface area contributed by atoms with Gasteiger partial charge in [0.15, 0.2) is 0 Å². The largest absolute Gasteiger partial charge is 0.339 e. The Kier molecular flexibility index (Phi) is 6.80. The molecule has 0 atom stereocenters. The summed E-state index contributed by atoms with van der Waals surface area (Å²) in [5.41, 5.74) is 2.17. The quantitative estimate of drug-likeness (QED) is 0.790. The number of nitrogens with zero attached hydrogens (tertiary/aromatic N) is 1. The summed E-state index contributed by atoms with van der Waals surface area (Å²) in [6.07, 6.45) is 4.55. The molecule has 2 aromatic carbocycles. The highest BCUT2D eigenvalue weighted by molar-refractivity contribution is 5.95. The predicted molar refractivity (Wildman–Crippen MR) is 109 cm³/mol. The van der Waals surface area contributed by atoms with E-state index in [1.165, 1.54) is 17.7 Å². The van der Waals surface area contributed by atoms with Crippen LogP contribution in [-0.4, -0.2) is 29.8 Å². The van der Waals surface area contributed by atoms with Crippen LogP contribution < -0.4 is 5.32 Å². The van der Waals surface area contributed by atoms with Crippen molar-refractivity contribution < 1.29 is 14.0 Å². The van der Waals surface area contributed by atoms with Gasteiger partial charge in [-0.2, -0.15) is 0 Å². The van der Waals surface area contributed by atoms with Crippen LogP contribution in [0, 0.1) is 11.7 Å². The number of rotatable bonds is 6. The summed E-state index contributed by atoms with van der Waals surface area (Å²) < 4.78 is 13.8. The van der Waals surface area contributed by atoms with Gasteiger partial charge >= 0.3 is 0 Å². The maximum absolute atomic E-state index is 13.8. The van der Waals surface area contributed by atoms with E-state index in [0.717, 1.165) is 24.9 Å². The van der Waals surface area contributed by atoms with Gasteiger partial charge in [0.25, 0.3) is 5.91 Å². The number of unbranched alkanes of at least 4 members (excludes halogenated alkanes) is 1. The number of benzene rings is 2. The van der Waals surface area contributed by atoms with E-state index in [1.54, 1.807) is 17.0 Å². The smallest absolute Gasteiger partial charge is 0.256 e. The van der Waals surface area contributed by atoms with Crippen molar-refractivity contribution in [3.05, 3.63) is 65.5 Å². The van der Waals surface area contributed by atoms with Gasteiger partial charge < -0.3 is 10.2 Å². The maximum atomic E-state index is 13.8. The molecule has 1 fully saturated rings. The lowest BCUT2D eigenvalue weighted by molar-refractivity contribution is -0.121. The first-order valence-corrected chi connectivity index (χ1v) is 10.0. The Morgan fingerprint density at radius 1 is 1.07 bits per heavy atom. The van der Waals surface area contributed by atoms with Gasteiger partial charge in [-0.3, -0.25) is 9.59 Å². The molecule has 5 heteroatoms. The number of likely N-dealkylation sites (tertiary alicyclic amines) is 1. The Bertz CT molecular complexity index is 812. The Balaban J connectivity index is 1.51. The zero-order valence-corrected chi connectivity index (χ0v) is 16.3. The van der Waals surface area contributed by atoms with Crippen LogP contribution in [0.15, 0.2) is 48.5 Å². The summed E-state index contributed by atoms with van der Waals surface area (Å²) in [5, 5.41) is 2.98. The first kappa shape index (κ1) is 20.1. The summed E-state index contributed by atoms with van der Waals surface area (Å²) >= 11 is 0. The lowest BCUT2D eigenvalue weighted by atomic mass is 9.95. The van der Waals surface area contributed by atoms with Crippen LogP contribution in [0.5, 0.6) is 0 Å². The van der Waals surface area contributed by atoms with Crippen molar-refractivity contribution in [2.24, 2.45) is 5.92 Å². The van der Waals surface area contributed by atoms with Crippen LogP contribution in [0.25, 0.3) is 0 Å². The molecule has 0 aliphatic carbocycles. The molecule has 1 N–H and O–H groups in total. The van der Waals surface area contributed by atoms with E-state index >= 15 is 0 Å². The number of halogens is 1. The molecule has 4 nitrogen and oxygen atoms in total. The second kappa shape index (κ2) is 9.49. The third-order valence-corrected chi connectivity index (χ3v) is 5.30. The molecule has 28 heavy (non-hydrogen) atoms. The van der Waals surface area contributed by atoms with Crippen molar-refractivity contribution >= 4 is 17.5 Å². The molecule has 148 valence electrons. The number of piperidine rings is 1. The van der Waals surface area contributed by atoms with E-state index in [2.05, 4.69) is 24.4 Å².